The Kier molecular flexibility index (Phi) is 7.68. The first-order valence-electron chi connectivity index (χ1n) is 8.09. The van der Waals surface area contributed by atoms with Crippen LogP contribution in [-0.2, 0) is 16.1 Å². The highest BCUT2D eigenvalue weighted by Crippen LogP contribution is 2.11. The summed E-state index contributed by atoms with van der Waals surface area (Å²) in [4.78, 5) is 24.1. The Hall–Kier alpha value is -2.64. The summed E-state index contributed by atoms with van der Waals surface area (Å²) >= 11 is 0. The predicted octanol–water partition coefficient (Wildman–Crippen LogP) is 1.77. The number of amides is 2. The quantitative estimate of drug-likeness (QED) is 0.571. The van der Waals surface area contributed by atoms with E-state index in [9.17, 15) is 9.59 Å². The van der Waals surface area contributed by atoms with Crippen LogP contribution in [0, 0.1) is 0 Å². The molecule has 0 aliphatic heterocycles. The molecule has 0 aliphatic rings. The van der Waals surface area contributed by atoms with Gasteiger partial charge in [0.25, 0.3) is 5.91 Å². The summed E-state index contributed by atoms with van der Waals surface area (Å²) in [5.41, 5.74) is 1.05. The van der Waals surface area contributed by atoms with E-state index in [2.05, 4.69) is 16.0 Å². The van der Waals surface area contributed by atoms with Gasteiger partial charge in [-0.05, 0) is 43.3 Å². The first-order chi connectivity index (χ1) is 12.2. The molecule has 2 aromatic rings. The molecule has 1 aromatic heterocycles. The summed E-state index contributed by atoms with van der Waals surface area (Å²) in [5, 5.41) is 8.56. The Balaban J connectivity index is 1.79. The molecule has 0 spiro atoms. The van der Waals surface area contributed by atoms with Gasteiger partial charge in [-0.2, -0.15) is 0 Å². The Morgan fingerprint density at radius 1 is 1.20 bits per heavy atom. The third-order valence-electron chi connectivity index (χ3n) is 3.40. The fourth-order valence-electron chi connectivity index (χ4n) is 2.17. The van der Waals surface area contributed by atoms with E-state index in [1.807, 2.05) is 0 Å². The molecule has 0 bridgehead atoms. The van der Waals surface area contributed by atoms with Gasteiger partial charge in [-0.3, -0.25) is 9.59 Å². The molecule has 0 fully saturated rings. The number of rotatable bonds is 10. The lowest BCUT2D eigenvalue weighted by Gasteiger charge is -2.09. The number of carbonyl (C=O) groups is 2. The number of anilines is 1. The van der Waals surface area contributed by atoms with E-state index in [0.717, 1.165) is 6.42 Å². The third kappa shape index (κ3) is 6.78. The number of benzene rings is 1. The minimum absolute atomic E-state index is 0.162. The van der Waals surface area contributed by atoms with Crippen molar-refractivity contribution in [3.05, 3.63) is 54.0 Å². The highest BCUT2D eigenvalue weighted by molar-refractivity contribution is 5.97. The molecule has 0 saturated heterocycles. The topological polar surface area (TPSA) is 92.6 Å². The number of nitrogens with one attached hydrogen (secondary N) is 3. The molecule has 7 heteroatoms. The zero-order valence-electron chi connectivity index (χ0n) is 14.2. The van der Waals surface area contributed by atoms with E-state index in [4.69, 9.17) is 9.15 Å². The van der Waals surface area contributed by atoms with E-state index in [0.29, 0.717) is 36.7 Å². The van der Waals surface area contributed by atoms with Gasteiger partial charge in [0, 0.05) is 25.0 Å². The van der Waals surface area contributed by atoms with Crippen LogP contribution in [0.2, 0.25) is 0 Å². The first kappa shape index (κ1) is 18.7. The summed E-state index contributed by atoms with van der Waals surface area (Å²) in [7, 11) is 1.64. The number of ether oxygens (including phenoxy) is 1. The second-order valence-corrected chi connectivity index (χ2v) is 5.41. The van der Waals surface area contributed by atoms with Crippen molar-refractivity contribution in [3.8, 4) is 0 Å². The van der Waals surface area contributed by atoms with Crippen molar-refractivity contribution < 1.29 is 18.7 Å². The van der Waals surface area contributed by atoms with Gasteiger partial charge in [0.05, 0.1) is 19.4 Å². The van der Waals surface area contributed by atoms with Crippen LogP contribution >= 0.6 is 0 Å². The van der Waals surface area contributed by atoms with Gasteiger partial charge >= 0.3 is 0 Å². The fraction of sp³-hybridized carbons (Fsp3) is 0.333. The number of methoxy groups -OCH3 is 1. The number of furan rings is 1. The van der Waals surface area contributed by atoms with E-state index in [-0.39, 0.29) is 18.4 Å². The summed E-state index contributed by atoms with van der Waals surface area (Å²) in [5.74, 6) is 0.285. The lowest BCUT2D eigenvalue weighted by molar-refractivity contribution is -0.115. The van der Waals surface area contributed by atoms with Crippen LogP contribution < -0.4 is 16.0 Å². The van der Waals surface area contributed by atoms with Gasteiger partial charge < -0.3 is 25.1 Å². The molecular formula is C18H23N3O4. The molecule has 0 aliphatic carbocycles. The molecule has 0 unspecified atom stereocenters. The van der Waals surface area contributed by atoms with Crippen LogP contribution in [0.3, 0.4) is 0 Å². The maximum Gasteiger partial charge on any atom is 0.251 e. The molecular weight excluding hydrogens is 322 g/mol. The number of carbonyl (C=O) groups excluding carboxylic acids is 2. The molecule has 0 atom stereocenters. The Labute approximate surface area is 146 Å². The summed E-state index contributed by atoms with van der Waals surface area (Å²) in [6, 6.07) is 10.4. The molecule has 3 N–H and O–H groups in total. The second-order valence-electron chi connectivity index (χ2n) is 5.41. The largest absolute Gasteiger partial charge is 0.467 e. The molecule has 134 valence electrons. The normalized spacial score (nSPS) is 10.4. The standard InChI is InChI=1S/C18H23N3O4/c1-24-9-4-8-19-13-17(22)21-15-6-2-5-14(11-15)18(23)20-12-16-7-3-10-25-16/h2-3,5-7,10-11,19H,4,8-9,12-13H2,1H3,(H,20,23)(H,21,22). The van der Waals surface area contributed by atoms with Gasteiger partial charge in [0.1, 0.15) is 5.76 Å². The smallest absolute Gasteiger partial charge is 0.251 e. The highest BCUT2D eigenvalue weighted by atomic mass is 16.5. The van der Waals surface area contributed by atoms with E-state index >= 15 is 0 Å². The van der Waals surface area contributed by atoms with Crippen LogP contribution in [0.25, 0.3) is 0 Å². The van der Waals surface area contributed by atoms with Gasteiger partial charge in [-0.15, -0.1) is 0 Å². The first-order valence-corrected chi connectivity index (χ1v) is 8.09. The van der Waals surface area contributed by atoms with Gasteiger partial charge in [0.2, 0.25) is 5.91 Å². The van der Waals surface area contributed by atoms with Crippen LogP contribution in [-0.4, -0.2) is 38.6 Å². The maximum atomic E-state index is 12.2. The Morgan fingerprint density at radius 3 is 2.84 bits per heavy atom. The number of hydrogen-bond acceptors (Lipinski definition) is 5. The van der Waals surface area contributed by atoms with Crippen LogP contribution in [0.5, 0.6) is 0 Å². The van der Waals surface area contributed by atoms with Crippen molar-refractivity contribution in [1.29, 1.82) is 0 Å². The van der Waals surface area contributed by atoms with E-state index in [1.165, 1.54) is 0 Å². The Morgan fingerprint density at radius 2 is 2.08 bits per heavy atom. The van der Waals surface area contributed by atoms with Crippen LogP contribution in [0.1, 0.15) is 22.5 Å². The molecule has 1 heterocycles. The molecule has 1 aromatic carbocycles. The summed E-state index contributed by atoms with van der Waals surface area (Å²) in [6.45, 7) is 1.88. The lowest BCUT2D eigenvalue weighted by Crippen LogP contribution is -2.29. The molecule has 0 radical (unpaired) electrons. The minimum atomic E-state index is -0.231. The van der Waals surface area contributed by atoms with Crippen molar-refractivity contribution in [2.45, 2.75) is 13.0 Å². The maximum absolute atomic E-state index is 12.2. The second kappa shape index (κ2) is 10.3. The monoisotopic (exact) mass is 345 g/mol. The Bertz CT molecular complexity index is 671. The van der Waals surface area contributed by atoms with Crippen molar-refractivity contribution in [3.63, 3.8) is 0 Å². The molecule has 25 heavy (non-hydrogen) atoms. The van der Waals surface area contributed by atoms with Gasteiger partial charge in [-0.1, -0.05) is 6.07 Å². The summed E-state index contributed by atoms with van der Waals surface area (Å²) < 4.78 is 10.1. The van der Waals surface area contributed by atoms with Crippen molar-refractivity contribution >= 4 is 17.5 Å². The van der Waals surface area contributed by atoms with E-state index in [1.54, 1.807) is 49.8 Å². The zero-order valence-corrected chi connectivity index (χ0v) is 14.2. The molecule has 2 rings (SSSR count). The highest BCUT2D eigenvalue weighted by Gasteiger charge is 2.08. The van der Waals surface area contributed by atoms with Crippen molar-refractivity contribution in [2.24, 2.45) is 0 Å². The zero-order chi connectivity index (χ0) is 17.9. The molecule has 0 saturated carbocycles. The average Bonchev–Trinajstić information content (AvgIpc) is 3.13. The van der Waals surface area contributed by atoms with Crippen LogP contribution in [0.4, 0.5) is 5.69 Å². The lowest BCUT2D eigenvalue weighted by atomic mass is 10.2. The van der Waals surface area contributed by atoms with Gasteiger partial charge in [0.15, 0.2) is 0 Å². The predicted molar refractivity (Wildman–Crippen MR) is 94.3 cm³/mol. The molecule has 7 nitrogen and oxygen atoms in total. The summed E-state index contributed by atoms with van der Waals surface area (Å²) in [6.07, 6.45) is 2.40. The molecule has 2 amide bonds. The number of hydrogen-bond donors (Lipinski definition) is 3. The van der Waals surface area contributed by atoms with Gasteiger partial charge in [-0.25, -0.2) is 0 Å². The van der Waals surface area contributed by atoms with Crippen molar-refractivity contribution in [1.82, 2.24) is 10.6 Å². The third-order valence-corrected chi connectivity index (χ3v) is 3.40. The van der Waals surface area contributed by atoms with Crippen LogP contribution in [0.15, 0.2) is 47.1 Å². The fourth-order valence-corrected chi connectivity index (χ4v) is 2.17. The van der Waals surface area contributed by atoms with Crippen molar-refractivity contribution in [2.75, 3.05) is 32.1 Å². The van der Waals surface area contributed by atoms with E-state index < -0.39 is 0 Å². The SMILES string of the molecule is COCCCNCC(=O)Nc1cccc(C(=O)NCc2ccco2)c1. The minimum Gasteiger partial charge on any atom is -0.467 e. The average molecular weight is 345 g/mol.